The van der Waals surface area contributed by atoms with Crippen molar-refractivity contribution in [3.63, 3.8) is 0 Å². The minimum absolute atomic E-state index is 0.0218. The summed E-state index contributed by atoms with van der Waals surface area (Å²) in [5.74, 6) is -1.39. The van der Waals surface area contributed by atoms with Gasteiger partial charge in [-0.15, -0.1) is 0 Å². The van der Waals surface area contributed by atoms with Gasteiger partial charge in [-0.05, 0) is 20.3 Å². The highest BCUT2D eigenvalue weighted by Gasteiger charge is 2.49. The molecule has 1 aliphatic rings. The number of aliphatic hydroxyl groups is 3. The summed E-state index contributed by atoms with van der Waals surface area (Å²) >= 11 is 0. The lowest BCUT2D eigenvalue weighted by Gasteiger charge is -2.20. The first-order valence-corrected chi connectivity index (χ1v) is 12.7. The average molecular weight is 522 g/mol. The SMILES string of the molecule is CCOP(=O)(CNC(=O)CCCNC(=O)C(O)[C@H]1O[C@@H](n2ccc(=O)[nH]c2=O)[C@H](O)[C@@H]1O)OCC. The van der Waals surface area contributed by atoms with E-state index in [1.807, 2.05) is 4.98 Å². The van der Waals surface area contributed by atoms with Crippen LogP contribution in [0.3, 0.4) is 0 Å². The van der Waals surface area contributed by atoms with Crippen molar-refractivity contribution < 1.29 is 43.3 Å². The smallest absolute Gasteiger partial charge is 0.349 e. The molecule has 0 aliphatic carbocycles. The first kappa shape index (κ1) is 28.8. The van der Waals surface area contributed by atoms with Crippen molar-refractivity contribution in [2.24, 2.45) is 0 Å². The molecule has 1 aromatic rings. The van der Waals surface area contributed by atoms with E-state index < -0.39 is 61.3 Å². The molecular weight excluding hydrogens is 491 g/mol. The van der Waals surface area contributed by atoms with Crippen molar-refractivity contribution in [3.05, 3.63) is 33.1 Å². The predicted molar refractivity (Wildman–Crippen MR) is 119 cm³/mol. The van der Waals surface area contributed by atoms with Gasteiger partial charge in [0.2, 0.25) is 5.91 Å². The maximum atomic E-state index is 12.3. The molecule has 2 rings (SSSR count). The van der Waals surface area contributed by atoms with Crippen LogP contribution in [0.25, 0.3) is 0 Å². The molecule has 15 nitrogen and oxygen atoms in total. The Kier molecular flexibility index (Phi) is 10.8. The number of H-pyrrole nitrogens is 1. The number of aromatic nitrogens is 2. The van der Waals surface area contributed by atoms with E-state index in [4.69, 9.17) is 13.8 Å². The lowest BCUT2D eigenvalue weighted by Crippen LogP contribution is -2.47. The number of amides is 2. The van der Waals surface area contributed by atoms with E-state index >= 15 is 0 Å². The number of carbonyl (C=O) groups excluding carboxylic acids is 2. The van der Waals surface area contributed by atoms with Gasteiger partial charge in [0.25, 0.3) is 11.5 Å². The van der Waals surface area contributed by atoms with Crippen molar-refractivity contribution in [3.8, 4) is 0 Å². The molecule has 0 saturated carbocycles. The van der Waals surface area contributed by atoms with Gasteiger partial charge in [0.1, 0.15) is 24.6 Å². The topological polar surface area (TPSA) is 219 Å². The Labute approximate surface area is 199 Å². The molecule has 1 fully saturated rings. The number of nitrogens with one attached hydrogen (secondary N) is 3. The van der Waals surface area contributed by atoms with E-state index in [1.165, 1.54) is 0 Å². The molecule has 35 heavy (non-hydrogen) atoms. The van der Waals surface area contributed by atoms with Crippen LogP contribution in [0.2, 0.25) is 0 Å². The predicted octanol–water partition coefficient (Wildman–Crippen LogP) is -2.25. The molecule has 1 unspecified atom stereocenters. The molecule has 1 aliphatic heterocycles. The fraction of sp³-hybridized carbons (Fsp3) is 0.684. The number of nitrogens with zero attached hydrogens (tertiary/aromatic N) is 1. The highest BCUT2D eigenvalue weighted by Crippen LogP contribution is 2.46. The van der Waals surface area contributed by atoms with Gasteiger partial charge in [0.15, 0.2) is 12.3 Å². The van der Waals surface area contributed by atoms with Crippen LogP contribution < -0.4 is 21.9 Å². The molecule has 0 aromatic carbocycles. The molecule has 0 bridgehead atoms. The Morgan fingerprint density at radius 2 is 1.86 bits per heavy atom. The molecular formula is C19H31N4O11P. The lowest BCUT2D eigenvalue weighted by molar-refractivity contribution is -0.143. The van der Waals surface area contributed by atoms with E-state index in [0.29, 0.717) is 0 Å². The zero-order valence-electron chi connectivity index (χ0n) is 19.3. The van der Waals surface area contributed by atoms with E-state index in [0.717, 1.165) is 16.8 Å². The number of rotatable bonds is 13. The van der Waals surface area contributed by atoms with Gasteiger partial charge >= 0.3 is 13.3 Å². The van der Waals surface area contributed by atoms with Crippen LogP contribution in [0.1, 0.15) is 32.9 Å². The summed E-state index contributed by atoms with van der Waals surface area (Å²) in [7, 11) is -3.43. The second-order valence-electron chi connectivity index (χ2n) is 7.53. The number of carbonyl (C=O) groups is 2. The number of aromatic amines is 1. The summed E-state index contributed by atoms with van der Waals surface area (Å²) in [5.41, 5.74) is -1.59. The fourth-order valence-electron chi connectivity index (χ4n) is 3.31. The molecule has 1 saturated heterocycles. The van der Waals surface area contributed by atoms with E-state index in [2.05, 4.69) is 10.6 Å². The first-order valence-electron chi connectivity index (χ1n) is 11.0. The number of hydrogen-bond donors (Lipinski definition) is 6. The summed E-state index contributed by atoms with van der Waals surface area (Å²) < 4.78 is 28.6. The molecule has 6 N–H and O–H groups in total. The standard InChI is InChI=1S/C19H31N4O11P/c1-3-32-35(31,33-4-2)10-21-11(24)6-5-8-20-17(29)15(28)16-13(26)14(27)18(34-16)23-9-7-12(25)22-19(23)30/h7,9,13-16,18,26-28H,3-6,8,10H2,1-2H3,(H,20,29)(H,21,24)(H,22,25,30)/t13-,14+,15?,16-,18+/m0/s1. The van der Waals surface area contributed by atoms with Crippen molar-refractivity contribution in [1.29, 1.82) is 0 Å². The molecule has 2 heterocycles. The quantitative estimate of drug-likeness (QED) is 0.120. The Morgan fingerprint density at radius 3 is 2.46 bits per heavy atom. The molecule has 5 atom stereocenters. The molecule has 1 aromatic heterocycles. The molecule has 2 amide bonds. The largest absolute Gasteiger partial charge is 0.387 e. The van der Waals surface area contributed by atoms with E-state index in [9.17, 15) is 39.1 Å². The zero-order chi connectivity index (χ0) is 26.2. The van der Waals surface area contributed by atoms with Crippen molar-refractivity contribution in [2.45, 2.75) is 57.3 Å². The Balaban J connectivity index is 1.81. The number of hydrogen-bond acceptors (Lipinski definition) is 11. The average Bonchev–Trinajstić information content (AvgIpc) is 3.09. The van der Waals surface area contributed by atoms with Gasteiger partial charge in [-0.25, -0.2) is 4.79 Å². The summed E-state index contributed by atoms with van der Waals surface area (Å²) in [4.78, 5) is 49.3. The zero-order valence-corrected chi connectivity index (χ0v) is 20.2. The number of ether oxygens (including phenoxy) is 1. The molecule has 0 radical (unpaired) electrons. The Hall–Kier alpha value is -2.39. The summed E-state index contributed by atoms with van der Waals surface area (Å²) in [6, 6.07) is 1.00. The van der Waals surface area contributed by atoms with Gasteiger partial charge in [-0.1, -0.05) is 0 Å². The third kappa shape index (κ3) is 7.80. The van der Waals surface area contributed by atoms with Crippen molar-refractivity contribution in [2.75, 3.05) is 26.0 Å². The number of aliphatic hydroxyl groups excluding tert-OH is 3. The highest BCUT2D eigenvalue weighted by molar-refractivity contribution is 7.53. The lowest BCUT2D eigenvalue weighted by atomic mass is 10.0. The fourth-order valence-corrected chi connectivity index (χ4v) is 4.73. The van der Waals surface area contributed by atoms with Gasteiger partial charge in [-0.3, -0.25) is 28.5 Å². The van der Waals surface area contributed by atoms with Gasteiger partial charge < -0.3 is 39.7 Å². The van der Waals surface area contributed by atoms with E-state index in [-0.39, 0.29) is 38.9 Å². The van der Waals surface area contributed by atoms with Gasteiger partial charge in [-0.2, -0.15) is 0 Å². The van der Waals surface area contributed by atoms with Crippen molar-refractivity contribution in [1.82, 2.24) is 20.2 Å². The monoisotopic (exact) mass is 522 g/mol. The van der Waals surface area contributed by atoms with Crippen molar-refractivity contribution >= 4 is 19.4 Å². The van der Waals surface area contributed by atoms with Crippen LogP contribution in [0.15, 0.2) is 21.9 Å². The maximum absolute atomic E-state index is 12.3. The normalized spacial score (nSPS) is 23.1. The summed E-state index contributed by atoms with van der Waals surface area (Å²) in [6.07, 6.45) is -7.41. The Bertz CT molecular complexity index is 1020. The minimum atomic E-state index is -3.43. The van der Waals surface area contributed by atoms with Crippen LogP contribution in [0.5, 0.6) is 0 Å². The van der Waals surface area contributed by atoms with Crippen LogP contribution in [-0.4, -0.2) is 87.1 Å². The molecule has 198 valence electrons. The highest BCUT2D eigenvalue weighted by atomic mass is 31.2. The Morgan fingerprint density at radius 1 is 1.20 bits per heavy atom. The van der Waals surface area contributed by atoms with Gasteiger partial charge in [0, 0.05) is 25.2 Å². The van der Waals surface area contributed by atoms with Crippen LogP contribution >= 0.6 is 7.60 Å². The van der Waals surface area contributed by atoms with Crippen LogP contribution in [-0.2, 0) is 27.9 Å². The third-order valence-corrected chi connectivity index (χ3v) is 6.83. The van der Waals surface area contributed by atoms with Gasteiger partial charge in [0.05, 0.1) is 13.2 Å². The molecule has 16 heteroatoms. The summed E-state index contributed by atoms with van der Waals surface area (Å²) in [5, 5.41) is 35.5. The van der Waals surface area contributed by atoms with Crippen LogP contribution in [0, 0.1) is 0 Å². The summed E-state index contributed by atoms with van der Waals surface area (Å²) in [6.45, 7) is 3.57. The van der Waals surface area contributed by atoms with Crippen LogP contribution in [0.4, 0.5) is 0 Å². The molecule has 0 spiro atoms. The maximum Gasteiger partial charge on any atom is 0.349 e. The third-order valence-electron chi connectivity index (χ3n) is 4.98. The second kappa shape index (κ2) is 13.1. The second-order valence-corrected chi connectivity index (χ2v) is 9.59. The van der Waals surface area contributed by atoms with E-state index in [1.54, 1.807) is 13.8 Å². The first-order chi connectivity index (χ1) is 16.5. The minimum Gasteiger partial charge on any atom is -0.387 e.